The van der Waals surface area contributed by atoms with Crippen LogP contribution in [0.5, 0.6) is 0 Å². The number of benzene rings is 1. The maximum atomic E-state index is 12.7. The van der Waals surface area contributed by atoms with E-state index in [1.165, 1.54) is 6.07 Å². The number of hydrogen-bond donors (Lipinski definition) is 1. The summed E-state index contributed by atoms with van der Waals surface area (Å²) in [4.78, 5) is 38.3. The van der Waals surface area contributed by atoms with Crippen LogP contribution in [0.3, 0.4) is 0 Å². The predicted octanol–water partition coefficient (Wildman–Crippen LogP) is 3.86. The van der Waals surface area contributed by atoms with Crippen LogP contribution in [0.15, 0.2) is 36.0 Å². The summed E-state index contributed by atoms with van der Waals surface area (Å²) in [7, 11) is 0. The molecule has 1 aromatic carbocycles. The fraction of sp³-hybridized carbons (Fsp3) is 0.476. The van der Waals surface area contributed by atoms with Crippen LogP contribution in [-0.2, 0) is 14.3 Å². The SMILES string of the molecule is CCOC(=O)Nc1cccc(C(=O)OCC(=O)N(C2=CCCCC2)C2CC2)c1. The molecule has 1 saturated carbocycles. The lowest BCUT2D eigenvalue weighted by Gasteiger charge is -2.27. The van der Waals surface area contributed by atoms with Crippen molar-refractivity contribution in [1.29, 1.82) is 0 Å². The zero-order valence-corrected chi connectivity index (χ0v) is 16.1. The molecule has 150 valence electrons. The van der Waals surface area contributed by atoms with Crippen LogP contribution in [0, 0.1) is 0 Å². The Bertz CT molecular complexity index is 770. The Kier molecular flexibility index (Phi) is 6.68. The summed E-state index contributed by atoms with van der Waals surface area (Å²) < 4.78 is 10.1. The first-order chi connectivity index (χ1) is 13.6. The van der Waals surface area contributed by atoms with Gasteiger partial charge < -0.3 is 14.4 Å². The molecular formula is C21H26N2O5. The first kappa shape index (κ1) is 19.9. The number of anilines is 1. The van der Waals surface area contributed by atoms with E-state index in [2.05, 4.69) is 11.4 Å². The van der Waals surface area contributed by atoms with E-state index < -0.39 is 12.1 Å². The van der Waals surface area contributed by atoms with Crippen molar-refractivity contribution in [3.63, 3.8) is 0 Å². The van der Waals surface area contributed by atoms with Gasteiger partial charge in [-0.1, -0.05) is 12.1 Å². The summed E-state index contributed by atoms with van der Waals surface area (Å²) in [6.07, 6.45) is 7.67. The third-order valence-electron chi connectivity index (χ3n) is 4.70. The molecule has 3 rings (SSSR count). The monoisotopic (exact) mass is 386 g/mol. The van der Waals surface area contributed by atoms with Gasteiger partial charge in [0.2, 0.25) is 0 Å². The lowest BCUT2D eigenvalue weighted by molar-refractivity contribution is -0.133. The quantitative estimate of drug-likeness (QED) is 0.719. The summed E-state index contributed by atoms with van der Waals surface area (Å²) in [5, 5.41) is 2.54. The van der Waals surface area contributed by atoms with E-state index in [0.717, 1.165) is 44.2 Å². The van der Waals surface area contributed by atoms with Crippen molar-refractivity contribution in [2.24, 2.45) is 0 Å². The second kappa shape index (κ2) is 9.39. The molecule has 2 amide bonds. The number of nitrogens with one attached hydrogen (secondary N) is 1. The van der Waals surface area contributed by atoms with Gasteiger partial charge in [-0.15, -0.1) is 0 Å². The molecule has 7 heteroatoms. The normalized spacial score (nSPS) is 16.0. The number of nitrogens with zero attached hydrogens (tertiary/aromatic N) is 1. The fourth-order valence-corrected chi connectivity index (χ4v) is 3.26. The number of rotatable bonds is 7. The highest BCUT2D eigenvalue weighted by Gasteiger charge is 2.35. The van der Waals surface area contributed by atoms with Gasteiger partial charge in [-0.05, 0) is 63.6 Å². The Morgan fingerprint density at radius 1 is 1.18 bits per heavy atom. The first-order valence-corrected chi connectivity index (χ1v) is 9.80. The molecule has 1 N–H and O–H groups in total. The second-order valence-corrected chi connectivity index (χ2v) is 6.94. The summed E-state index contributed by atoms with van der Waals surface area (Å²) in [6, 6.07) is 6.58. The Hall–Kier alpha value is -2.83. The minimum atomic E-state index is -0.603. The van der Waals surface area contributed by atoms with Gasteiger partial charge in [-0.2, -0.15) is 0 Å². The lowest BCUT2D eigenvalue weighted by atomic mass is 10.0. The molecule has 0 bridgehead atoms. The van der Waals surface area contributed by atoms with Crippen LogP contribution < -0.4 is 5.32 Å². The average Bonchev–Trinajstić information content (AvgIpc) is 3.52. The van der Waals surface area contributed by atoms with E-state index in [9.17, 15) is 14.4 Å². The molecule has 1 aromatic rings. The third kappa shape index (κ3) is 5.34. The van der Waals surface area contributed by atoms with Gasteiger partial charge in [0, 0.05) is 17.4 Å². The van der Waals surface area contributed by atoms with Crippen molar-refractivity contribution in [3.8, 4) is 0 Å². The lowest BCUT2D eigenvalue weighted by Crippen LogP contribution is -2.36. The van der Waals surface area contributed by atoms with Crippen LogP contribution in [0.2, 0.25) is 0 Å². The molecule has 2 aliphatic rings. The van der Waals surface area contributed by atoms with Gasteiger partial charge in [0.15, 0.2) is 6.61 Å². The van der Waals surface area contributed by atoms with Crippen molar-refractivity contribution in [2.75, 3.05) is 18.5 Å². The molecule has 7 nitrogen and oxygen atoms in total. The topological polar surface area (TPSA) is 84.9 Å². The minimum Gasteiger partial charge on any atom is -0.452 e. The fourth-order valence-electron chi connectivity index (χ4n) is 3.26. The van der Waals surface area contributed by atoms with E-state index in [1.54, 1.807) is 25.1 Å². The van der Waals surface area contributed by atoms with Crippen molar-refractivity contribution in [1.82, 2.24) is 4.90 Å². The number of amides is 2. The molecule has 0 saturated heterocycles. The van der Waals surface area contributed by atoms with Gasteiger partial charge in [0.25, 0.3) is 5.91 Å². The van der Waals surface area contributed by atoms with Crippen molar-refractivity contribution in [2.45, 2.75) is 51.5 Å². The Morgan fingerprint density at radius 2 is 2.00 bits per heavy atom. The standard InChI is InChI=1S/C21H26N2O5/c1-2-27-21(26)22-16-8-6-7-15(13-16)20(25)28-14-19(24)23(18-11-12-18)17-9-4-3-5-10-17/h6-9,13,18H,2-5,10-12,14H2,1H3,(H,22,26). The number of allylic oxidation sites excluding steroid dienone is 2. The zero-order chi connectivity index (χ0) is 19.9. The zero-order valence-electron chi connectivity index (χ0n) is 16.1. The highest BCUT2D eigenvalue weighted by Crippen LogP contribution is 2.33. The van der Waals surface area contributed by atoms with E-state index >= 15 is 0 Å². The number of carbonyl (C=O) groups excluding carboxylic acids is 3. The maximum absolute atomic E-state index is 12.7. The summed E-state index contributed by atoms with van der Waals surface area (Å²) in [5.74, 6) is -0.779. The highest BCUT2D eigenvalue weighted by atomic mass is 16.5. The van der Waals surface area contributed by atoms with Crippen molar-refractivity contribution >= 4 is 23.7 Å². The Labute approximate surface area is 164 Å². The van der Waals surface area contributed by atoms with Gasteiger partial charge in [-0.3, -0.25) is 10.1 Å². The molecule has 0 unspecified atom stereocenters. The van der Waals surface area contributed by atoms with Crippen LogP contribution in [0.4, 0.5) is 10.5 Å². The highest BCUT2D eigenvalue weighted by molar-refractivity contribution is 5.94. The number of ether oxygens (including phenoxy) is 2. The minimum absolute atomic E-state index is 0.176. The summed E-state index contributed by atoms with van der Waals surface area (Å²) >= 11 is 0. The molecule has 0 atom stereocenters. The van der Waals surface area contributed by atoms with Crippen molar-refractivity contribution in [3.05, 3.63) is 41.6 Å². The summed E-state index contributed by atoms with van der Waals surface area (Å²) in [6.45, 7) is 1.67. The molecule has 0 radical (unpaired) electrons. The molecule has 2 aliphatic carbocycles. The van der Waals surface area contributed by atoms with Crippen LogP contribution in [-0.4, -0.2) is 42.1 Å². The van der Waals surface area contributed by atoms with Gasteiger partial charge in [0.1, 0.15) is 0 Å². The van der Waals surface area contributed by atoms with Crippen molar-refractivity contribution < 1.29 is 23.9 Å². The van der Waals surface area contributed by atoms with Crippen LogP contribution >= 0.6 is 0 Å². The van der Waals surface area contributed by atoms with E-state index in [1.807, 2.05) is 4.90 Å². The van der Waals surface area contributed by atoms with Gasteiger partial charge in [0.05, 0.1) is 12.2 Å². The number of esters is 1. The maximum Gasteiger partial charge on any atom is 0.411 e. The van der Waals surface area contributed by atoms with Crippen LogP contribution in [0.25, 0.3) is 0 Å². The second-order valence-electron chi connectivity index (χ2n) is 6.94. The van der Waals surface area contributed by atoms with Gasteiger partial charge >= 0.3 is 12.1 Å². The number of carbonyl (C=O) groups is 3. The largest absolute Gasteiger partial charge is 0.452 e. The average molecular weight is 386 g/mol. The Balaban J connectivity index is 1.57. The van der Waals surface area contributed by atoms with E-state index in [-0.39, 0.29) is 30.7 Å². The molecule has 0 aliphatic heterocycles. The molecule has 0 heterocycles. The van der Waals surface area contributed by atoms with E-state index in [0.29, 0.717) is 5.69 Å². The first-order valence-electron chi connectivity index (χ1n) is 9.80. The van der Waals surface area contributed by atoms with E-state index in [4.69, 9.17) is 9.47 Å². The molecule has 1 fully saturated rings. The van der Waals surface area contributed by atoms with Crippen LogP contribution in [0.1, 0.15) is 55.8 Å². The molecule has 0 spiro atoms. The molecular weight excluding hydrogens is 360 g/mol. The summed E-state index contributed by atoms with van der Waals surface area (Å²) in [5.41, 5.74) is 1.75. The van der Waals surface area contributed by atoms with Gasteiger partial charge in [-0.25, -0.2) is 9.59 Å². The smallest absolute Gasteiger partial charge is 0.411 e. The molecule has 28 heavy (non-hydrogen) atoms. The molecule has 0 aromatic heterocycles. The Morgan fingerprint density at radius 3 is 2.68 bits per heavy atom. The third-order valence-corrected chi connectivity index (χ3v) is 4.70. The number of hydrogen-bond acceptors (Lipinski definition) is 5. The predicted molar refractivity (Wildman–Crippen MR) is 104 cm³/mol.